The van der Waals surface area contributed by atoms with E-state index in [1.807, 2.05) is 0 Å². The van der Waals surface area contributed by atoms with Crippen molar-refractivity contribution >= 4 is 12.1 Å². The first-order chi connectivity index (χ1) is 9.71. The van der Waals surface area contributed by atoms with Crippen molar-refractivity contribution in [1.82, 2.24) is 5.32 Å². The number of hydrogen-bond donors (Lipinski definition) is 3. The molecule has 1 aliphatic carbocycles. The Morgan fingerprint density at radius 2 is 1.55 bits per heavy atom. The second-order valence-corrected chi connectivity index (χ2v) is 6.54. The van der Waals surface area contributed by atoms with E-state index in [2.05, 4.69) is 5.32 Å². The summed E-state index contributed by atoms with van der Waals surface area (Å²) in [6, 6.07) is 0. The number of carboxylic acids is 1. The van der Waals surface area contributed by atoms with Gasteiger partial charge in [0.25, 0.3) is 0 Å². The summed E-state index contributed by atoms with van der Waals surface area (Å²) in [5.41, 5.74) is -5.67. The Labute approximate surface area is 125 Å². The number of rotatable bonds is 2. The number of halogens is 3. The highest BCUT2D eigenvalue weighted by Gasteiger charge is 2.59. The first-order valence-corrected chi connectivity index (χ1v) is 6.74. The zero-order valence-corrected chi connectivity index (χ0v) is 12.6. The summed E-state index contributed by atoms with van der Waals surface area (Å²) in [6.07, 6.45) is -8.57. The predicted molar refractivity (Wildman–Crippen MR) is 69.2 cm³/mol. The third-order valence-electron chi connectivity index (χ3n) is 3.61. The fourth-order valence-electron chi connectivity index (χ4n) is 2.27. The van der Waals surface area contributed by atoms with E-state index in [4.69, 9.17) is 4.74 Å². The number of carboxylic acid groups (broad SMARTS) is 1. The maximum absolute atomic E-state index is 12.8. The molecule has 0 atom stereocenters. The third-order valence-corrected chi connectivity index (χ3v) is 3.61. The van der Waals surface area contributed by atoms with Crippen LogP contribution in [0.4, 0.5) is 18.0 Å². The van der Waals surface area contributed by atoms with Crippen molar-refractivity contribution in [3.8, 4) is 0 Å². The molecule has 1 amide bonds. The summed E-state index contributed by atoms with van der Waals surface area (Å²) in [4.78, 5) is 23.1. The molecule has 6 nitrogen and oxygen atoms in total. The molecule has 9 heteroatoms. The molecule has 1 fully saturated rings. The minimum absolute atomic E-state index is 0.544. The molecule has 0 bridgehead atoms. The summed E-state index contributed by atoms with van der Waals surface area (Å²) in [6.45, 7) is 4.72. The van der Waals surface area contributed by atoms with Crippen molar-refractivity contribution in [2.45, 2.75) is 69.4 Å². The lowest BCUT2D eigenvalue weighted by Crippen LogP contribution is -2.61. The van der Waals surface area contributed by atoms with Gasteiger partial charge in [0.2, 0.25) is 0 Å². The maximum atomic E-state index is 12.8. The van der Waals surface area contributed by atoms with E-state index in [0.717, 1.165) is 0 Å². The summed E-state index contributed by atoms with van der Waals surface area (Å²) in [5, 5.41) is 21.0. The highest BCUT2D eigenvalue weighted by molar-refractivity contribution is 5.84. The normalized spacial score (nSPS) is 29.8. The Kier molecular flexibility index (Phi) is 4.72. The van der Waals surface area contributed by atoms with Gasteiger partial charge in [0.15, 0.2) is 5.60 Å². The molecule has 0 heterocycles. The fourth-order valence-corrected chi connectivity index (χ4v) is 2.27. The largest absolute Gasteiger partial charge is 0.480 e. The Hall–Kier alpha value is -1.51. The number of carbonyl (C=O) groups is 2. The molecule has 0 aromatic rings. The van der Waals surface area contributed by atoms with Gasteiger partial charge in [0.05, 0.1) is 0 Å². The van der Waals surface area contributed by atoms with Crippen LogP contribution in [0.15, 0.2) is 0 Å². The van der Waals surface area contributed by atoms with Gasteiger partial charge in [-0.25, -0.2) is 9.59 Å². The molecule has 0 aliphatic heterocycles. The summed E-state index contributed by atoms with van der Waals surface area (Å²) in [5.74, 6) is -1.46. The van der Waals surface area contributed by atoms with Crippen LogP contribution in [0.2, 0.25) is 0 Å². The molecule has 0 spiro atoms. The van der Waals surface area contributed by atoms with Crippen LogP contribution in [0, 0.1) is 0 Å². The van der Waals surface area contributed by atoms with E-state index >= 15 is 0 Å². The summed E-state index contributed by atoms with van der Waals surface area (Å²) >= 11 is 0. The molecule has 0 aromatic carbocycles. The van der Waals surface area contributed by atoms with Gasteiger partial charge in [-0.3, -0.25) is 0 Å². The molecular weight excluding hydrogens is 307 g/mol. The minimum atomic E-state index is -4.84. The topological polar surface area (TPSA) is 95.9 Å². The number of nitrogens with one attached hydrogen (secondary N) is 1. The molecule has 3 N–H and O–H groups in total. The number of amides is 1. The number of hydrogen-bond acceptors (Lipinski definition) is 4. The summed E-state index contributed by atoms with van der Waals surface area (Å²) < 4.78 is 43.2. The number of aliphatic hydroxyl groups is 1. The highest BCUT2D eigenvalue weighted by Crippen LogP contribution is 2.44. The monoisotopic (exact) mass is 327 g/mol. The van der Waals surface area contributed by atoms with Crippen molar-refractivity contribution < 1.29 is 37.7 Å². The molecular formula is C13H20F3NO5. The molecule has 1 rings (SSSR count). The first kappa shape index (κ1) is 18.5. The number of alkyl halides is 3. The Morgan fingerprint density at radius 1 is 1.09 bits per heavy atom. The van der Waals surface area contributed by atoms with Gasteiger partial charge in [-0.2, -0.15) is 13.2 Å². The van der Waals surface area contributed by atoms with Gasteiger partial charge in [0, 0.05) is 0 Å². The zero-order valence-electron chi connectivity index (χ0n) is 12.6. The van der Waals surface area contributed by atoms with Crippen LogP contribution in [0.3, 0.4) is 0 Å². The Bertz CT molecular complexity index is 448. The van der Waals surface area contributed by atoms with Crippen LogP contribution in [-0.2, 0) is 9.53 Å². The second-order valence-electron chi connectivity index (χ2n) is 6.54. The molecule has 0 radical (unpaired) electrons. The van der Waals surface area contributed by atoms with Crippen LogP contribution < -0.4 is 5.32 Å². The van der Waals surface area contributed by atoms with E-state index in [1.54, 1.807) is 20.8 Å². The molecule has 0 aromatic heterocycles. The van der Waals surface area contributed by atoms with Gasteiger partial charge in [-0.15, -0.1) is 0 Å². The van der Waals surface area contributed by atoms with Gasteiger partial charge in [-0.1, -0.05) is 0 Å². The van der Waals surface area contributed by atoms with Gasteiger partial charge in [-0.05, 0) is 46.5 Å². The van der Waals surface area contributed by atoms with Crippen LogP contribution in [0.5, 0.6) is 0 Å². The number of alkyl carbamates (subject to hydrolysis) is 1. The van der Waals surface area contributed by atoms with E-state index in [0.29, 0.717) is 0 Å². The van der Waals surface area contributed by atoms with Gasteiger partial charge in [0.1, 0.15) is 11.1 Å². The van der Waals surface area contributed by atoms with Crippen LogP contribution in [0.1, 0.15) is 46.5 Å². The van der Waals surface area contributed by atoms with E-state index in [9.17, 15) is 33.0 Å². The highest BCUT2D eigenvalue weighted by atomic mass is 19.4. The number of carbonyl (C=O) groups excluding carboxylic acids is 1. The Morgan fingerprint density at radius 3 is 1.86 bits per heavy atom. The lowest BCUT2D eigenvalue weighted by atomic mass is 9.73. The standard InChI is InChI=1S/C13H20F3NO5/c1-10(2,3)22-9(20)17-11(8(18)19)4-6-12(21,7-5-11)13(14,15)16/h21H,4-7H2,1-3H3,(H,17,20)(H,18,19). The van der Waals surface area contributed by atoms with Crippen molar-refractivity contribution in [1.29, 1.82) is 0 Å². The van der Waals surface area contributed by atoms with Crippen LogP contribution in [-0.4, -0.2) is 45.2 Å². The van der Waals surface area contributed by atoms with Crippen molar-refractivity contribution in [3.05, 3.63) is 0 Å². The van der Waals surface area contributed by atoms with Gasteiger partial charge >= 0.3 is 18.2 Å². The quantitative estimate of drug-likeness (QED) is 0.722. The predicted octanol–water partition coefficient (Wildman–Crippen LogP) is 2.20. The SMILES string of the molecule is CC(C)(C)OC(=O)NC1(C(=O)O)CCC(O)(C(F)(F)F)CC1. The first-order valence-electron chi connectivity index (χ1n) is 6.74. The molecule has 0 saturated heterocycles. The van der Waals surface area contributed by atoms with Crippen LogP contribution in [0.25, 0.3) is 0 Å². The number of ether oxygens (including phenoxy) is 1. The Balaban J connectivity index is 2.85. The fraction of sp³-hybridized carbons (Fsp3) is 0.846. The van der Waals surface area contributed by atoms with Crippen LogP contribution >= 0.6 is 0 Å². The second kappa shape index (κ2) is 5.60. The maximum Gasteiger partial charge on any atom is 0.417 e. The molecule has 128 valence electrons. The molecule has 1 aliphatic rings. The molecule has 0 unspecified atom stereocenters. The third kappa shape index (κ3) is 4.02. The smallest absolute Gasteiger partial charge is 0.417 e. The van der Waals surface area contributed by atoms with Crippen molar-refractivity contribution in [2.24, 2.45) is 0 Å². The minimum Gasteiger partial charge on any atom is -0.480 e. The van der Waals surface area contributed by atoms with E-state index in [-0.39, 0.29) is 0 Å². The lowest BCUT2D eigenvalue weighted by Gasteiger charge is -2.42. The zero-order chi connectivity index (χ0) is 17.4. The van der Waals surface area contributed by atoms with Crippen molar-refractivity contribution in [3.63, 3.8) is 0 Å². The number of aliphatic carboxylic acids is 1. The average molecular weight is 327 g/mol. The van der Waals surface area contributed by atoms with E-state index < -0.39 is 60.7 Å². The molecule has 1 saturated carbocycles. The lowest BCUT2D eigenvalue weighted by molar-refractivity contribution is -0.273. The average Bonchev–Trinajstić information content (AvgIpc) is 2.28. The molecule has 22 heavy (non-hydrogen) atoms. The van der Waals surface area contributed by atoms with E-state index in [1.165, 1.54) is 0 Å². The summed E-state index contributed by atoms with van der Waals surface area (Å²) in [7, 11) is 0. The van der Waals surface area contributed by atoms with Crippen molar-refractivity contribution in [2.75, 3.05) is 0 Å². The van der Waals surface area contributed by atoms with Gasteiger partial charge < -0.3 is 20.3 Å².